The summed E-state index contributed by atoms with van der Waals surface area (Å²) < 4.78 is 1.96. The van der Waals surface area contributed by atoms with E-state index < -0.39 is 0 Å². The molecule has 1 aliphatic rings. The summed E-state index contributed by atoms with van der Waals surface area (Å²) in [5.74, 6) is 0.663. The highest BCUT2D eigenvalue weighted by Gasteiger charge is 2.21. The molecule has 2 N–H and O–H groups in total. The predicted molar refractivity (Wildman–Crippen MR) is 104 cm³/mol. The lowest BCUT2D eigenvalue weighted by atomic mass is 9.96. The number of hydrogen-bond donors (Lipinski definition) is 2. The summed E-state index contributed by atoms with van der Waals surface area (Å²) in [5.41, 5.74) is 5.20. The number of rotatable bonds is 4. The van der Waals surface area contributed by atoms with Gasteiger partial charge in [0, 0.05) is 42.9 Å². The predicted octanol–water partition coefficient (Wildman–Crippen LogP) is 2.33. The van der Waals surface area contributed by atoms with E-state index >= 15 is 0 Å². The highest BCUT2D eigenvalue weighted by Crippen LogP contribution is 2.19. The summed E-state index contributed by atoms with van der Waals surface area (Å²) in [6, 6.07) is 10.6. The van der Waals surface area contributed by atoms with Gasteiger partial charge in [0.1, 0.15) is 0 Å². The molecule has 1 aromatic carbocycles. The third-order valence-corrected chi connectivity index (χ3v) is 5.13. The Labute approximate surface area is 158 Å². The normalized spacial score (nSPS) is 16.0. The summed E-state index contributed by atoms with van der Waals surface area (Å²) in [7, 11) is 0. The molecule has 3 aromatic rings. The number of aryl methyl sites for hydroxylation is 1. The molecule has 0 fully saturated rings. The average molecular weight is 361 g/mol. The maximum absolute atomic E-state index is 12.8. The van der Waals surface area contributed by atoms with E-state index in [4.69, 9.17) is 0 Å². The molecule has 1 atom stereocenters. The molecule has 6 nitrogen and oxygen atoms in total. The van der Waals surface area contributed by atoms with Crippen LogP contribution < -0.4 is 10.6 Å². The number of hydrogen-bond acceptors (Lipinski definition) is 4. The fraction of sp³-hybridized carbons (Fsp3) is 0.286. The average Bonchev–Trinajstić information content (AvgIpc) is 3.01. The molecule has 1 unspecified atom stereocenters. The third kappa shape index (κ3) is 3.48. The maximum Gasteiger partial charge on any atom is 0.253 e. The van der Waals surface area contributed by atoms with Crippen LogP contribution in [0.3, 0.4) is 0 Å². The van der Waals surface area contributed by atoms with Crippen LogP contribution in [0.5, 0.6) is 0 Å². The molecule has 0 spiro atoms. The minimum Gasteiger partial charge on any atom is -0.350 e. The van der Waals surface area contributed by atoms with Gasteiger partial charge < -0.3 is 15.2 Å². The molecule has 0 saturated carbocycles. The van der Waals surface area contributed by atoms with E-state index in [1.54, 1.807) is 18.6 Å². The van der Waals surface area contributed by atoms with Gasteiger partial charge in [-0.3, -0.25) is 9.78 Å². The number of nitrogens with zero attached hydrogens (tertiary/aromatic N) is 3. The molecule has 6 heteroatoms. The first-order valence-electron chi connectivity index (χ1n) is 9.17. The smallest absolute Gasteiger partial charge is 0.253 e. The van der Waals surface area contributed by atoms with Crippen molar-refractivity contribution in [2.24, 2.45) is 0 Å². The van der Waals surface area contributed by atoms with Crippen molar-refractivity contribution in [1.29, 1.82) is 0 Å². The van der Waals surface area contributed by atoms with Crippen LogP contribution in [0.2, 0.25) is 0 Å². The quantitative estimate of drug-likeness (QED) is 0.748. The van der Waals surface area contributed by atoms with Gasteiger partial charge in [0.2, 0.25) is 0 Å². The lowest BCUT2D eigenvalue weighted by molar-refractivity contribution is 0.0948. The number of fused-ring (bicyclic) bond motifs is 1. The van der Waals surface area contributed by atoms with Gasteiger partial charge in [-0.2, -0.15) is 0 Å². The maximum atomic E-state index is 12.8. The van der Waals surface area contributed by atoms with Gasteiger partial charge in [-0.25, -0.2) is 4.98 Å². The first-order valence-corrected chi connectivity index (χ1v) is 9.17. The highest BCUT2D eigenvalue weighted by molar-refractivity contribution is 5.95. The molecule has 2 aromatic heterocycles. The zero-order valence-corrected chi connectivity index (χ0v) is 15.6. The van der Waals surface area contributed by atoms with Crippen molar-refractivity contribution in [3.63, 3.8) is 0 Å². The Bertz CT molecular complexity index is 964. The van der Waals surface area contributed by atoms with Crippen molar-refractivity contribution < 1.29 is 4.79 Å². The molecule has 0 bridgehead atoms. The van der Waals surface area contributed by atoms with Gasteiger partial charge in [-0.15, -0.1) is 0 Å². The molecule has 0 aliphatic carbocycles. The van der Waals surface area contributed by atoms with Crippen molar-refractivity contribution in [2.45, 2.75) is 32.9 Å². The topological polar surface area (TPSA) is 71.8 Å². The monoisotopic (exact) mass is 361 g/mol. The molecule has 0 radical (unpaired) electrons. The fourth-order valence-corrected chi connectivity index (χ4v) is 3.73. The number of carbonyl (C=O) groups is 1. The van der Waals surface area contributed by atoms with Gasteiger partial charge in [-0.05, 0) is 37.5 Å². The Morgan fingerprint density at radius 1 is 1.26 bits per heavy atom. The van der Waals surface area contributed by atoms with Gasteiger partial charge in [0.25, 0.3) is 5.91 Å². The van der Waals surface area contributed by atoms with E-state index in [0.717, 1.165) is 30.2 Å². The van der Waals surface area contributed by atoms with Gasteiger partial charge in [-0.1, -0.05) is 24.3 Å². The molecule has 1 aliphatic heterocycles. The summed E-state index contributed by atoms with van der Waals surface area (Å²) in [6.07, 6.45) is 5.92. The van der Waals surface area contributed by atoms with E-state index in [1.807, 2.05) is 24.5 Å². The number of nitrogens with one attached hydrogen (secondary N) is 2. The first-order chi connectivity index (χ1) is 13.1. The first kappa shape index (κ1) is 17.4. The van der Waals surface area contributed by atoms with Crippen molar-refractivity contribution in [1.82, 2.24) is 25.2 Å². The highest BCUT2D eigenvalue weighted by atomic mass is 16.1. The Kier molecular flexibility index (Phi) is 4.73. The Morgan fingerprint density at radius 3 is 2.85 bits per heavy atom. The number of aromatic nitrogens is 3. The van der Waals surface area contributed by atoms with E-state index in [9.17, 15) is 4.79 Å². The summed E-state index contributed by atoms with van der Waals surface area (Å²) >= 11 is 0. The van der Waals surface area contributed by atoms with Crippen LogP contribution in [0.1, 0.15) is 32.9 Å². The SMILES string of the molecule is Cc1cc(C(=O)NCC2Cc3ccccc3CN2)c(C)n1-c1cnccn1. The number of benzene rings is 1. The standard InChI is InChI=1S/C21H23N5O/c1-14-9-19(15(2)26(14)20-13-22-7-8-23-20)21(27)25-12-18-10-16-5-3-4-6-17(16)11-24-18/h3-9,13,18,24H,10-12H2,1-2H3,(H,25,27). The third-order valence-electron chi connectivity index (χ3n) is 5.13. The van der Waals surface area contributed by atoms with E-state index in [2.05, 4.69) is 44.9 Å². The Morgan fingerprint density at radius 2 is 2.07 bits per heavy atom. The molecule has 138 valence electrons. The molecular formula is C21H23N5O. The van der Waals surface area contributed by atoms with Crippen molar-refractivity contribution in [3.8, 4) is 5.82 Å². The van der Waals surface area contributed by atoms with Crippen LogP contribution in [-0.2, 0) is 13.0 Å². The van der Waals surface area contributed by atoms with E-state index in [-0.39, 0.29) is 11.9 Å². The molecule has 3 heterocycles. The van der Waals surface area contributed by atoms with Crippen LogP contribution in [0.15, 0.2) is 48.9 Å². The van der Waals surface area contributed by atoms with Crippen LogP contribution >= 0.6 is 0 Å². The second-order valence-electron chi connectivity index (χ2n) is 6.94. The second-order valence-corrected chi connectivity index (χ2v) is 6.94. The fourth-order valence-electron chi connectivity index (χ4n) is 3.73. The van der Waals surface area contributed by atoms with Gasteiger partial charge in [0.05, 0.1) is 11.8 Å². The van der Waals surface area contributed by atoms with E-state index in [1.165, 1.54) is 11.1 Å². The zero-order valence-electron chi connectivity index (χ0n) is 15.6. The van der Waals surface area contributed by atoms with Crippen LogP contribution in [0.25, 0.3) is 5.82 Å². The molecule has 0 saturated heterocycles. The Hall–Kier alpha value is -2.99. The molecule has 27 heavy (non-hydrogen) atoms. The van der Waals surface area contributed by atoms with Crippen LogP contribution in [-0.4, -0.2) is 33.0 Å². The van der Waals surface area contributed by atoms with Crippen molar-refractivity contribution in [3.05, 3.63) is 77.0 Å². The van der Waals surface area contributed by atoms with E-state index in [0.29, 0.717) is 12.1 Å². The van der Waals surface area contributed by atoms with Crippen molar-refractivity contribution in [2.75, 3.05) is 6.54 Å². The van der Waals surface area contributed by atoms with Crippen molar-refractivity contribution >= 4 is 5.91 Å². The summed E-state index contributed by atoms with van der Waals surface area (Å²) in [4.78, 5) is 21.2. The Balaban J connectivity index is 1.45. The lowest BCUT2D eigenvalue weighted by Gasteiger charge is -2.26. The number of carbonyl (C=O) groups excluding carboxylic acids is 1. The number of amides is 1. The van der Waals surface area contributed by atoms with Gasteiger partial charge >= 0.3 is 0 Å². The minimum atomic E-state index is -0.0566. The molecule has 4 rings (SSSR count). The molecule has 1 amide bonds. The summed E-state index contributed by atoms with van der Waals surface area (Å²) in [5, 5.41) is 6.58. The zero-order chi connectivity index (χ0) is 18.8. The van der Waals surface area contributed by atoms with Gasteiger partial charge in [0.15, 0.2) is 5.82 Å². The molecular weight excluding hydrogens is 338 g/mol. The second kappa shape index (κ2) is 7.32. The van der Waals surface area contributed by atoms with Crippen LogP contribution in [0, 0.1) is 13.8 Å². The lowest BCUT2D eigenvalue weighted by Crippen LogP contribution is -2.44. The minimum absolute atomic E-state index is 0.0566. The summed E-state index contributed by atoms with van der Waals surface area (Å²) in [6.45, 7) is 5.35. The largest absolute Gasteiger partial charge is 0.350 e. The van der Waals surface area contributed by atoms with Crippen LogP contribution in [0.4, 0.5) is 0 Å².